The van der Waals surface area contributed by atoms with E-state index in [-0.39, 0.29) is 17.9 Å². The highest BCUT2D eigenvalue weighted by Crippen LogP contribution is 2.40. The lowest BCUT2D eigenvalue weighted by molar-refractivity contribution is -0.130. The number of carbonyl (C=O) groups excluding carboxylic acids is 2. The number of amides is 1. The van der Waals surface area contributed by atoms with E-state index in [1.165, 1.54) is 4.90 Å². The van der Waals surface area contributed by atoms with Gasteiger partial charge in [-0.05, 0) is 53.6 Å². The monoisotopic (exact) mass is 489 g/mol. The zero-order chi connectivity index (χ0) is 22.2. The summed E-state index contributed by atoms with van der Waals surface area (Å²) in [6.45, 7) is 0.189. The largest absolute Gasteiger partial charge is 0.503 e. The molecule has 0 saturated carbocycles. The number of hydrogen-bond acceptors (Lipinski definition) is 6. The molecule has 32 heavy (non-hydrogen) atoms. The predicted molar refractivity (Wildman–Crippen MR) is 120 cm³/mol. The molecule has 4 aromatic rings. The van der Waals surface area contributed by atoms with E-state index in [2.05, 4.69) is 25.9 Å². The molecule has 0 aliphatic carbocycles. The van der Waals surface area contributed by atoms with Gasteiger partial charge in [0.05, 0.1) is 11.6 Å². The van der Waals surface area contributed by atoms with E-state index in [9.17, 15) is 14.7 Å². The Kier molecular flexibility index (Phi) is 5.07. The van der Waals surface area contributed by atoms with Crippen LogP contribution in [0.2, 0.25) is 0 Å². The highest BCUT2D eigenvalue weighted by Gasteiger charge is 2.44. The fourth-order valence-electron chi connectivity index (χ4n) is 3.88. The van der Waals surface area contributed by atoms with Gasteiger partial charge in [-0.25, -0.2) is 0 Å². The number of ketones is 1. The van der Waals surface area contributed by atoms with Gasteiger partial charge < -0.3 is 14.4 Å². The maximum atomic E-state index is 13.5. The summed E-state index contributed by atoms with van der Waals surface area (Å²) in [4.78, 5) is 36.1. The molecular formula is C24H16BrN3O4. The number of aliphatic hydroxyl groups is 1. The number of rotatable bonds is 5. The highest BCUT2D eigenvalue weighted by molar-refractivity contribution is 9.10. The second-order valence-corrected chi connectivity index (χ2v) is 8.28. The van der Waals surface area contributed by atoms with Crippen molar-refractivity contribution in [2.45, 2.75) is 12.6 Å². The second-order valence-electron chi connectivity index (χ2n) is 7.36. The number of halogens is 1. The van der Waals surface area contributed by atoms with Gasteiger partial charge in [0, 0.05) is 41.2 Å². The maximum absolute atomic E-state index is 13.5. The van der Waals surface area contributed by atoms with Crippen LogP contribution in [0.25, 0.3) is 11.0 Å². The summed E-state index contributed by atoms with van der Waals surface area (Å²) in [6.07, 6.45) is 6.44. The molecule has 1 amide bonds. The van der Waals surface area contributed by atoms with E-state index in [0.717, 1.165) is 15.4 Å². The summed E-state index contributed by atoms with van der Waals surface area (Å²) in [7, 11) is 0. The Morgan fingerprint density at radius 3 is 2.66 bits per heavy atom. The number of nitrogens with zero attached hydrogens (tertiary/aromatic N) is 3. The molecule has 0 fully saturated rings. The Labute approximate surface area is 191 Å². The van der Waals surface area contributed by atoms with Crippen LogP contribution in [0.5, 0.6) is 0 Å². The van der Waals surface area contributed by atoms with E-state index in [1.54, 1.807) is 61.2 Å². The third kappa shape index (κ3) is 3.48. The quantitative estimate of drug-likeness (QED) is 0.405. The van der Waals surface area contributed by atoms with Crippen LogP contribution in [0.1, 0.15) is 27.7 Å². The van der Waals surface area contributed by atoms with Gasteiger partial charge in [-0.2, -0.15) is 0 Å². The van der Waals surface area contributed by atoms with E-state index in [0.29, 0.717) is 11.1 Å². The molecule has 1 aliphatic heterocycles. The van der Waals surface area contributed by atoms with Crippen molar-refractivity contribution in [3.8, 4) is 0 Å². The molecule has 0 saturated heterocycles. The van der Waals surface area contributed by atoms with Crippen LogP contribution in [0.4, 0.5) is 0 Å². The minimum atomic E-state index is -0.809. The molecule has 0 spiro atoms. The lowest BCUT2D eigenvalue weighted by Gasteiger charge is -2.26. The topological polar surface area (TPSA) is 96.5 Å². The van der Waals surface area contributed by atoms with Gasteiger partial charge in [-0.3, -0.25) is 19.6 Å². The number of hydrogen-bond donors (Lipinski definition) is 1. The van der Waals surface area contributed by atoms with Gasteiger partial charge >= 0.3 is 0 Å². The van der Waals surface area contributed by atoms with Gasteiger partial charge in [0.15, 0.2) is 11.5 Å². The minimum absolute atomic E-state index is 0.0322. The fraction of sp³-hybridized carbons (Fsp3) is 0.0833. The molecule has 1 unspecified atom stereocenters. The Morgan fingerprint density at radius 2 is 1.91 bits per heavy atom. The van der Waals surface area contributed by atoms with Gasteiger partial charge in [0.2, 0.25) is 5.78 Å². The average molecular weight is 490 g/mol. The first-order valence-corrected chi connectivity index (χ1v) is 10.6. The van der Waals surface area contributed by atoms with Crippen LogP contribution >= 0.6 is 15.9 Å². The minimum Gasteiger partial charge on any atom is -0.503 e. The molecule has 8 heteroatoms. The number of fused-ring (bicyclic) bond motifs is 1. The summed E-state index contributed by atoms with van der Waals surface area (Å²) in [5, 5.41) is 11.5. The number of aromatic nitrogens is 2. The van der Waals surface area contributed by atoms with Crippen molar-refractivity contribution in [3.05, 3.63) is 106 Å². The molecule has 5 rings (SSSR count). The van der Waals surface area contributed by atoms with Gasteiger partial charge in [0.25, 0.3) is 5.91 Å². The molecule has 1 aromatic carbocycles. The summed E-state index contributed by atoms with van der Waals surface area (Å²) in [5.41, 5.74) is 1.93. The first kappa shape index (κ1) is 20.1. The van der Waals surface area contributed by atoms with Crippen molar-refractivity contribution >= 4 is 38.6 Å². The summed E-state index contributed by atoms with van der Waals surface area (Å²) < 4.78 is 6.60. The number of Topliss-reactive ketones (excluding diaryl/α,β-unsaturated/α-hetero) is 1. The number of pyridine rings is 2. The van der Waals surface area contributed by atoms with Crippen LogP contribution in [-0.4, -0.2) is 31.7 Å². The summed E-state index contributed by atoms with van der Waals surface area (Å²) in [6, 6.07) is 13.2. The van der Waals surface area contributed by atoms with Crippen molar-refractivity contribution in [2.75, 3.05) is 0 Å². The van der Waals surface area contributed by atoms with Gasteiger partial charge in [-0.1, -0.05) is 22.0 Å². The standard InChI is InChI=1S/C24H16BrN3O4/c25-17-3-4-18-16(10-17)11-19(32-18)22(29)20-21(15-2-1-7-27-12-15)28(24(31)23(20)30)13-14-5-8-26-9-6-14/h1-12,21,30H,13H2. The Bertz CT molecular complexity index is 1370. The van der Waals surface area contributed by atoms with E-state index in [1.807, 2.05) is 12.1 Å². The second kappa shape index (κ2) is 8.05. The lowest BCUT2D eigenvalue weighted by Crippen LogP contribution is -2.30. The van der Waals surface area contributed by atoms with Crippen molar-refractivity contribution in [1.29, 1.82) is 0 Å². The Hall–Kier alpha value is -3.78. The molecule has 1 atom stereocenters. The third-order valence-electron chi connectivity index (χ3n) is 5.35. The summed E-state index contributed by atoms with van der Waals surface area (Å²) in [5.74, 6) is -1.71. The number of aliphatic hydroxyl groups excluding tert-OH is 1. The molecule has 0 bridgehead atoms. The van der Waals surface area contributed by atoms with Crippen LogP contribution in [0, 0.1) is 0 Å². The van der Waals surface area contributed by atoms with E-state index in [4.69, 9.17) is 4.42 Å². The molecule has 158 valence electrons. The predicted octanol–water partition coefficient (Wildman–Crippen LogP) is 4.76. The fourth-order valence-corrected chi connectivity index (χ4v) is 4.26. The smallest absolute Gasteiger partial charge is 0.290 e. The number of benzene rings is 1. The molecule has 3 aromatic heterocycles. The zero-order valence-electron chi connectivity index (χ0n) is 16.6. The normalized spacial score (nSPS) is 16.2. The van der Waals surface area contributed by atoms with Crippen molar-refractivity contribution in [2.24, 2.45) is 0 Å². The van der Waals surface area contributed by atoms with E-state index >= 15 is 0 Å². The SMILES string of the molecule is O=C(C1=C(O)C(=O)N(Cc2ccncc2)C1c1cccnc1)c1cc2cc(Br)ccc2o1. The highest BCUT2D eigenvalue weighted by atomic mass is 79.9. The van der Waals surface area contributed by atoms with Crippen LogP contribution in [-0.2, 0) is 11.3 Å². The summed E-state index contributed by atoms with van der Waals surface area (Å²) >= 11 is 3.40. The first-order chi connectivity index (χ1) is 15.5. The third-order valence-corrected chi connectivity index (χ3v) is 5.85. The van der Waals surface area contributed by atoms with Crippen molar-refractivity contribution in [1.82, 2.24) is 14.9 Å². The van der Waals surface area contributed by atoms with Crippen LogP contribution in [0.15, 0.2) is 93.5 Å². The number of furan rings is 1. The Morgan fingerprint density at radius 1 is 1.09 bits per heavy atom. The number of carbonyl (C=O) groups is 2. The van der Waals surface area contributed by atoms with E-state index < -0.39 is 23.5 Å². The molecule has 0 radical (unpaired) electrons. The first-order valence-electron chi connectivity index (χ1n) is 9.79. The molecule has 4 heterocycles. The maximum Gasteiger partial charge on any atom is 0.290 e. The van der Waals surface area contributed by atoms with Crippen LogP contribution < -0.4 is 0 Å². The van der Waals surface area contributed by atoms with Crippen molar-refractivity contribution < 1.29 is 19.1 Å². The average Bonchev–Trinajstić information content (AvgIpc) is 3.34. The molecular weight excluding hydrogens is 474 g/mol. The molecule has 7 nitrogen and oxygen atoms in total. The molecule has 1 N–H and O–H groups in total. The molecule has 1 aliphatic rings. The lowest BCUT2D eigenvalue weighted by atomic mass is 9.96. The Balaban J connectivity index is 1.59. The zero-order valence-corrected chi connectivity index (χ0v) is 18.2. The van der Waals surface area contributed by atoms with Gasteiger partial charge in [0.1, 0.15) is 5.58 Å². The van der Waals surface area contributed by atoms with Crippen molar-refractivity contribution in [3.63, 3.8) is 0 Å². The van der Waals surface area contributed by atoms with Crippen LogP contribution in [0.3, 0.4) is 0 Å². The van der Waals surface area contributed by atoms with Gasteiger partial charge in [-0.15, -0.1) is 0 Å².